The fourth-order valence-electron chi connectivity index (χ4n) is 1.86. The Morgan fingerprint density at radius 1 is 1.19 bits per heavy atom. The highest BCUT2D eigenvalue weighted by Crippen LogP contribution is 2.17. The number of carbonyl (C=O) groups excluding carboxylic acids is 1. The number of anilines is 1. The topological polar surface area (TPSA) is 50.4 Å². The van der Waals surface area contributed by atoms with Crippen molar-refractivity contribution in [3.63, 3.8) is 0 Å². The standard InChI is InChI=1S/C16H17IN2O2/c1-11-9-13(17)5-8-15(11)19-16(20)18-10-12-3-6-14(21-2)7-4-12/h3-9H,10H2,1-2H3,(H2,18,19,20). The summed E-state index contributed by atoms with van der Waals surface area (Å²) < 4.78 is 6.24. The van der Waals surface area contributed by atoms with Crippen LogP contribution < -0.4 is 15.4 Å². The number of aryl methyl sites for hydroxylation is 1. The van der Waals surface area contributed by atoms with Crippen molar-refractivity contribution in [2.24, 2.45) is 0 Å². The molecule has 0 saturated heterocycles. The van der Waals surface area contributed by atoms with Crippen LogP contribution in [0.2, 0.25) is 0 Å². The molecule has 0 fully saturated rings. The Labute approximate surface area is 138 Å². The van der Waals surface area contributed by atoms with E-state index in [1.165, 1.54) is 0 Å². The van der Waals surface area contributed by atoms with Crippen molar-refractivity contribution in [3.05, 3.63) is 57.2 Å². The number of nitrogens with one attached hydrogen (secondary N) is 2. The predicted molar refractivity (Wildman–Crippen MR) is 92.7 cm³/mol. The van der Waals surface area contributed by atoms with Crippen LogP contribution >= 0.6 is 22.6 Å². The lowest BCUT2D eigenvalue weighted by Gasteiger charge is -2.10. The van der Waals surface area contributed by atoms with E-state index in [0.29, 0.717) is 6.54 Å². The van der Waals surface area contributed by atoms with Gasteiger partial charge in [0.2, 0.25) is 0 Å². The van der Waals surface area contributed by atoms with Crippen LogP contribution in [0.15, 0.2) is 42.5 Å². The quantitative estimate of drug-likeness (QED) is 0.770. The van der Waals surface area contributed by atoms with Crippen molar-refractivity contribution in [3.8, 4) is 5.75 Å². The van der Waals surface area contributed by atoms with Gasteiger partial charge in [0.15, 0.2) is 0 Å². The molecule has 0 spiro atoms. The molecule has 0 saturated carbocycles. The smallest absolute Gasteiger partial charge is 0.319 e. The molecule has 2 aromatic rings. The van der Waals surface area contributed by atoms with Crippen molar-refractivity contribution < 1.29 is 9.53 Å². The lowest BCUT2D eigenvalue weighted by molar-refractivity contribution is 0.251. The van der Waals surface area contributed by atoms with E-state index in [-0.39, 0.29) is 6.03 Å². The summed E-state index contributed by atoms with van der Waals surface area (Å²) in [5.41, 5.74) is 2.88. The summed E-state index contributed by atoms with van der Waals surface area (Å²) in [5.74, 6) is 0.803. The van der Waals surface area contributed by atoms with Gasteiger partial charge in [-0.1, -0.05) is 12.1 Å². The molecular weight excluding hydrogens is 379 g/mol. The molecule has 110 valence electrons. The molecule has 0 heterocycles. The second-order valence-corrected chi connectivity index (χ2v) is 5.86. The van der Waals surface area contributed by atoms with E-state index in [0.717, 1.165) is 26.1 Å². The molecule has 0 aliphatic carbocycles. The zero-order valence-electron chi connectivity index (χ0n) is 11.9. The first-order valence-corrected chi connectivity index (χ1v) is 7.60. The van der Waals surface area contributed by atoms with Crippen LogP contribution in [0.5, 0.6) is 5.75 Å². The Balaban J connectivity index is 1.89. The van der Waals surface area contributed by atoms with Crippen LogP contribution in [-0.2, 0) is 6.54 Å². The summed E-state index contributed by atoms with van der Waals surface area (Å²) in [6, 6.07) is 13.3. The maximum absolute atomic E-state index is 11.9. The Morgan fingerprint density at radius 3 is 2.52 bits per heavy atom. The average molecular weight is 396 g/mol. The van der Waals surface area contributed by atoms with Crippen molar-refractivity contribution in [2.45, 2.75) is 13.5 Å². The van der Waals surface area contributed by atoms with Gasteiger partial charge in [-0.15, -0.1) is 0 Å². The summed E-state index contributed by atoms with van der Waals surface area (Å²) in [7, 11) is 1.63. The van der Waals surface area contributed by atoms with Crippen molar-refractivity contribution >= 4 is 34.3 Å². The zero-order valence-corrected chi connectivity index (χ0v) is 14.1. The molecule has 2 aromatic carbocycles. The third-order valence-electron chi connectivity index (χ3n) is 3.05. The van der Waals surface area contributed by atoms with Crippen molar-refractivity contribution in [1.82, 2.24) is 5.32 Å². The van der Waals surface area contributed by atoms with Crippen LogP contribution in [0, 0.1) is 10.5 Å². The fourth-order valence-corrected chi connectivity index (χ4v) is 2.51. The maximum atomic E-state index is 11.9. The molecule has 0 aliphatic heterocycles. The number of amides is 2. The van der Waals surface area contributed by atoms with E-state index in [1.807, 2.05) is 49.4 Å². The van der Waals surface area contributed by atoms with Gasteiger partial charge in [-0.2, -0.15) is 0 Å². The highest BCUT2D eigenvalue weighted by molar-refractivity contribution is 14.1. The molecular formula is C16H17IN2O2. The predicted octanol–water partition coefficient (Wildman–Crippen LogP) is 3.93. The molecule has 0 radical (unpaired) electrons. The first kappa shape index (κ1) is 15.6. The van der Waals surface area contributed by atoms with Crippen molar-refractivity contribution in [2.75, 3.05) is 12.4 Å². The first-order chi connectivity index (χ1) is 10.1. The molecule has 2 N–H and O–H groups in total. The molecule has 5 heteroatoms. The van der Waals surface area contributed by atoms with Crippen LogP contribution in [0.1, 0.15) is 11.1 Å². The highest BCUT2D eigenvalue weighted by Gasteiger charge is 2.04. The number of methoxy groups -OCH3 is 1. The zero-order chi connectivity index (χ0) is 15.2. The molecule has 21 heavy (non-hydrogen) atoms. The molecule has 0 atom stereocenters. The van der Waals surface area contributed by atoms with Gasteiger partial charge in [0.1, 0.15) is 5.75 Å². The number of ether oxygens (including phenoxy) is 1. The summed E-state index contributed by atoms with van der Waals surface area (Å²) in [6.45, 7) is 2.44. The second-order valence-electron chi connectivity index (χ2n) is 4.61. The molecule has 0 aliphatic rings. The third-order valence-corrected chi connectivity index (χ3v) is 3.72. The summed E-state index contributed by atoms with van der Waals surface area (Å²) in [6.07, 6.45) is 0. The SMILES string of the molecule is COc1ccc(CNC(=O)Nc2ccc(I)cc2C)cc1. The number of hydrogen-bond acceptors (Lipinski definition) is 2. The van der Waals surface area contributed by atoms with Crippen LogP contribution in [0.4, 0.5) is 10.5 Å². The van der Waals surface area contributed by atoms with Gasteiger partial charge in [0.05, 0.1) is 7.11 Å². The minimum atomic E-state index is -0.213. The van der Waals surface area contributed by atoms with Crippen molar-refractivity contribution in [1.29, 1.82) is 0 Å². The Morgan fingerprint density at radius 2 is 1.90 bits per heavy atom. The van der Waals surface area contributed by atoms with Gasteiger partial charge in [-0.3, -0.25) is 0 Å². The first-order valence-electron chi connectivity index (χ1n) is 6.52. The van der Waals surface area contributed by atoms with Crippen LogP contribution in [0.3, 0.4) is 0 Å². The molecule has 4 nitrogen and oxygen atoms in total. The highest BCUT2D eigenvalue weighted by atomic mass is 127. The lowest BCUT2D eigenvalue weighted by atomic mass is 10.2. The second kappa shape index (κ2) is 7.31. The van der Waals surface area contributed by atoms with Crippen LogP contribution in [0.25, 0.3) is 0 Å². The van der Waals surface area contributed by atoms with Gasteiger partial charge in [0, 0.05) is 15.8 Å². The minimum absolute atomic E-state index is 0.213. The number of carbonyl (C=O) groups is 1. The largest absolute Gasteiger partial charge is 0.497 e. The van der Waals surface area contributed by atoms with Crippen LogP contribution in [-0.4, -0.2) is 13.1 Å². The van der Waals surface area contributed by atoms with E-state index in [9.17, 15) is 4.79 Å². The number of urea groups is 1. The number of halogens is 1. The maximum Gasteiger partial charge on any atom is 0.319 e. The monoisotopic (exact) mass is 396 g/mol. The Kier molecular flexibility index (Phi) is 5.44. The summed E-state index contributed by atoms with van der Waals surface area (Å²) >= 11 is 2.25. The van der Waals surface area contributed by atoms with E-state index in [2.05, 4.69) is 33.2 Å². The number of hydrogen-bond donors (Lipinski definition) is 2. The average Bonchev–Trinajstić information content (AvgIpc) is 2.48. The minimum Gasteiger partial charge on any atom is -0.497 e. The van der Waals surface area contributed by atoms with Gasteiger partial charge >= 0.3 is 6.03 Å². The summed E-state index contributed by atoms with van der Waals surface area (Å²) in [5, 5.41) is 5.69. The number of benzene rings is 2. The van der Waals surface area contributed by atoms with Gasteiger partial charge in [-0.05, 0) is 71.0 Å². The van der Waals surface area contributed by atoms with E-state index in [1.54, 1.807) is 7.11 Å². The fraction of sp³-hybridized carbons (Fsp3) is 0.188. The van der Waals surface area contributed by atoms with Gasteiger partial charge in [-0.25, -0.2) is 4.79 Å². The molecule has 0 aromatic heterocycles. The Hall–Kier alpha value is -1.76. The Bertz CT molecular complexity index is 627. The summed E-state index contributed by atoms with van der Waals surface area (Å²) in [4.78, 5) is 11.9. The normalized spacial score (nSPS) is 10.0. The van der Waals surface area contributed by atoms with E-state index in [4.69, 9.17) is 4.74 Å². The van der Waals surface area contributed by atoms with E-state index >= 15 is 0 Å². The molecule has 2 rings (SSSR count). The van der Waals surface area contributed by atoms with E-state index < -0.39 is 0 Å². The molecule has 0 unspecified atom stereocenters. The molecule has 2 amide bonds. The third kappa shape index (κ3) is 4.63. The molecule has 0 bridgehead atoms. The van der Waals surface area contributed by atoms with Gasteiger partial charge < -0.3 is 15.4 Å². The lowest BCUT2D eigenvalue weighted by Crippen LogP contribution is -2.28. The number of rotatable bonds is 4. The van der Waals surface area contributed by atoms with Gasteiger partial charge in [0.25, 0.3) is 0 Å².